The summed E-state index contributed by atoms with van der Waals surface area (Å²) < 4.78 is 1.53. The number of nitrogens with one attached hydrogen (secondary N) is 2. The van der Waals surface area contributed by atoms with Crippen molar-refractivity contribution in [2.24, 2.45) is 5.73 Å². The molecule has 128 valence electrons. The first kappa shape index (κ1) is 16.9. The van der Waals surface area contributed by atoms with Gasteiger partial charge in [0.15, 0.2) is 5.82 Å². The Hall–Kier alpha value is -2.99. The van der Waals surface area contributed by atoms with Crippen LogP contribution < -0.4 is 16.5 Å². The van der Waals surface area contributed by atoms with E-state index in [0.29, 0.717) is 12.2 Å². The fraction of sp³-hybridized carbons (Fsp3) is 0.211. The fourth-order valence-corrected chi connectivity index (χ4v) is 2.80. The molecule has 0 radical (unpaired) electrons. The number of hydrogen-bond acceptors (Lipinski definition) is 5. The third-order valence-electron chi connectivity index (χ3n) is 3.86. The van der Waals surface area contributed by atoms with Crippen molar-refractivity contribution in [2.45, 2.75) is 26.4 Å². The minimum absolute atomic E-state index is 0.271. The maximum Gasteiger partial charge on any atom is 0.151 e. The summed E-state index contributed by atoms with van der Waals surface area (Å²) in [5.41, 5.74) is 10.9. The van der Waals surface area contributed by atoms with Crippen LogP contribution in [0, 0.1) is 19.3 Å². The normalized spacial score (nSPS) is 12.0. The van der Waals surface area contributed by atoms with Gasteiger partial charge in [0, 0.05) is 24.5 Å². The lowest BCUT2D eigenvalue weighted by atomic mass is 10.1. The highest BCUT2D eigenvalue weighted by molar-refractivity contribution is 5.57. The molecule has 2 aromatic heterocycles. The van der Waals surface area contributed by atoms with Gasteiger partial charge in [-0.3, -0.25) is 10.4 Å². The fourth-order valence-electron chi connectivity index (χ4n) is 2.80. The van der Waals surface area contributed by atoms with Crippen LogP contribution in [0.5, 0.6) is 0 Å². The zero-order chi connectivity index (χ0) is 17.8. The quantitative estimate of drug-likeness (QED) is 0.669. The molecular weight excluding hydrogens is 312 g/mol. The molecule has 0 aliphatic carbocycles. The number of nitrogens with zero attached hydrogens (tertiary/aromatic N) is 3. The van der Waals surface area contributed by atoms with Crippen molar-refractivity contribution < 1.29 is 0 Å². The number of aromatic nitrogens is 3. The highest BCUT2D eigenvalue weighted by Crippen LogP contribution is 2.18. The third kappa shape index (κ3) is 4.30. The molecule has 0 amide bonds. The highest BCUT2D eigenvalue weighted by atomic mass is 15.4. The number of anilines is 2. The van der Waals surface area contributed by atoms with E-state index < -0.39 is 6.17 Å². The molecule has 0 bridgehead atoms. The van der Waals surface area contributed by atoms with Crippen molar-refractivity contribution in [3.63, 3.8) is 0 Å². The second-order valence-electron chi connectivity index (χ2n) is 6.18. The summed E-state index contributed by atoms with van der Waals surface area (Å²) >= 11 is 0. The zero-order valence-corrected chi connectivity index (χ0v) is 14.4. The number of benzene rings is 1. The summed E-state index contributed by atoms with van der Waals surface area (Å²) in [5.74, 6) is 0.658. The lowest BCUT2D eigenvalue weighted by molar-refractivity contribution is 0.437. The maximum atomic E-state index is 8.09. The van der Waals surface area contributed by atoms with Crippen molar-refractivity contribution in [3.05, 3.63) is 77.0 Å². The van der Waals surface area contributed by atoms with Gasteiger partial charge in [-0.15, -0.1) is 0 Å². The molecule has 0 saturated carbocycles. The van der Waals surface area contributed by atoms with Crippen molar-refractivity contribution >= 4 is 11.5 Å². The molecule has 3 aromatic rings. The number of rotatable bonds is 5. The van der Waals surface area contributed by atoms with Gasteiger partial charge in [-0.2, -0.15) is 5.10 Å². The molecule has 4 N–H and O–H groups in total. The van der Waals surface area contributed by atoms with E-state index in [4.69, 9.17) is 11.1 Å². The predicted octanol–water partition coefficient (Wildman–Crippen LogP) is 2.82. The van der Waals surface area contributed by atoms with Crippen molar-refractivity contribution in [3.8, 4) is 0 Å². The Morgan fingerprint density at radius 2 is 1.76 bits per heavy atom. The Bertz CT molecular complexity index is 896. The third-order valence-corrected chi connectivity index (χ3v) is 3.86. The summed E-state index contributed by atoms with van der Waals surface area (Å²) in [6.45, 7) is 4.12. The van der Waals surface area contributed by atoms with E-state index in [-0.39, 0.29) is 5.49 Å². The summed E-state index contributed by atoms with van der Waals surface area (Å²) in [6, 6.07) is 13.6. The summed E-state index contributed by atoms with van der Waals surface area (Å²) in [4.78, 5) is 4.01. The second-order valence-corrected chi connectivity index (χ2v) is 6.18. The van der Waals surface area contributed by atoms with Crippen LogP contribution in [-0.2, 0) is 6.42 Å². The van der Waals surface area contributed by atoms with Gasteiger partial charge in [0.1, 0.15) is 11.7 Å². The molecule has 0 fully saturated rings. The number of pyridine rings is 1. The molecule has 1 atom stereocenters. The van der Waals surface area contributed by atoms with Gasteiger partial charge < -0.3 is 11.1 Å². The van der Waals surface area contributed by atoms with Gasteiger partial charge in [0.25, 0.3) is 0 Å². The molecule has 0 aliphatic rings. The highest BCUT2D eigenvalue weighted by Gasteiger charge is 2.09. The zero-order valence-electron chi connectivity index (χ0n) is 14.4. The standard InChI is InChI=1S/C19H22N6/c1-13-9-14(2)11-16(10-13)23-19-4-3-17(20)25(24-19)18(21)12-15-5-7-22-8-6-15/h3-11,18,20H,12,21H2,1-2H3,(H,23,24). The van der Waals surface area contributed by atoms with Crippen molar-refractivity contribution in [1.82, 2.24) is 14.8 Å². The van der Waals surface area contributed by atoms with Gasteiger partial charge >= 0.3 is 0 Å². The van der Waals surface area contributed by atoms with Gasteiger partial charge in [-0.25, -0.2) is 4.68 Å². The Balaban J connectivity index is 1.83. The van der Waals surface area contributed by atoms with Crippen molar-refractivity contribution in [2.75, 3.05) is 5.32 Å². The maximum absolute atomic E-state index is 8.09. The molecule has 6 nitrogen and oxygen atoms in total. The lowest BCUT2D eigenvalue weighted by Crippen LogP contribution is -2.33. The monoisotopic (exact) mass is 334 g/mol. The first-order valence-corrected chi connectivity index (χ1v) is 8.15. The molecule has 0 saturated heterocycles. The smallest absolute Gasteiger partial charge is 0.151 e. The van der Waals surface area contributed by atoms with Gasteiger partial charge in [0.05, 0.1) is 0 Å². The van der Waals surface area contributed by atoms with Crippen LogP contribution in [0.4, 0.5) is 11.5 Å². The Morgan fingerprint density at radius 3 is 2.44 bits per heavy atom. The number of nitrogens with two attached hydrogens (primary N) is 1. The van der Waals surface area contributed by atoms with Crippen LogP contribution in [0.2, 0.25) is 0 Å². The van der Waals surface area contributed by atoms with E-state index in [0.717, 1.165) is 11.3 Å². The minimum Gasteiger partial charge on any atom is -0.339 e. The van der Waals surface area contributed by atoms with Gasteiger partial charge in [-0.05, 0) is 66.9 Å². The Morgan fingerprint density at radius 1 is 1.08 bits per heavy atom. The Labute approximate surface area is 146 Å². The molecular formula is C19H22N6. The molecule has 0 aliphatic heterocycles. The van der Waals surface area contributed by atoms with Crippen LogP contribution in [0.3, 0.4) is 0 Å². The van der Waals surface area contributed by atoms with Crippen LogP contribution in [0.15, 0.2) is 54.9 Å². The van der Waals surface area contributed by atoms with Gasteiger partial charge in [0.2, 0.25) is 0 Å². The molecule has 0 spiro atoms. The van der Waals surface area contributed by atoms with Crippen LogP contribution in [0.25, 0.3) is 0 Å². The molecule has 1 unspecified atom stereocenters. The van der Waals surface area contributed by atoms with E-state index in [1.165, 1.54) is 15.8 Å². The van der Waals surface area contributed by atoms with Gasteiger partial charge in [-0.1, -0.05) is 6.07 Å². The molecule has 25 heavy (non-hydrogen) atoms. The first-order chi connectivity index (χ1) is 12.0. The van der Waals surface area contributed by atoms with E-state index in [1.54, 1.807) is 24.5 Å². The second kappa shape index (κ2) is 7.27. The average molecular weight is 334 g/mol. The van der Waals surface area contributed by atoms with Crippen LogP contribution in [-0.4, -0.2) is 14.8 Å². The lowest BCUT2D eigenvalue weighted by Gasteiger charge is -2.16. The average Bonchev–Trinajstić information content (AvgIpc) is 2.56. The first-order valence-electron chi connectivity index (χ1n) is 8.15. The van der Waals surface area contributed by atoms with E-state index in [2.05, 4.69) is 47.4 Å². The van der Waals surface area contributed by atoms with Crippen molar-refractivity contribution in [1.29, 1.82) is 5.41 Å². The molecule has 2 heterocycles. The summed E-state index contributed by atoms with van der Waals surface area (Å²) in [7, 11) is 0. The van der Waals surface area contributed by atoms with Crippen LogP contribution in [0.1, 0.15) is 22.9 Å². The largest absolute Gasteiger partial charge is 0.339 e. The number of hydrogen-bond donors (Lipinski definition) is 3. The van der Waals surface area contributed by atoms with E-state index >= 15 is 0 Å². The summed E-state index contributed by atoms with van der Waals surface area (Å²) in [6.07, 6.45) is 3.63. The molecule has 1 aromatic carbocycles. The van der Waals surface area contributed by atoms with E-state index in [9.17, 15) is 0 Å². The Kier molecular flexibility index (Phi) is 4.90. The minimum atomic E-state index is -0.420. The topological polar surface area (TPSA) is 92.6 Å². The van der Waals surface area contributed by atoms with E-state index in [1.807, 2.05) is 12.1 Å². The predicted molar refractivity (Wildman–Crippen MR) is 98.4 cm³/mol. The molecule has 6 heteroatoms. The number of aryl methyl sites for hydroxylation is 2. The SMILES string of the molecule is Cc1cc(C)cc(Nc2ccc(=N)n(C(N)Cc3ccncc3)n2)c1. The summed E-state index contributed by atoms with van der Waals surface area (Å²) in [5, 5.41) is 15.9. The molecule has 3 rings (SSSR count). The van der Waals surface area contributed by atoms with Crippen LogP contribution >= 0.6 is 0 Å².